The van der Waals surface area contributed by atoms with Crippen molar-refractivity contribution in [2.75, 3.05) is 5.73 Å². The fraction of sp³-hybridized carbons (Fsp3) is 0.571. The summed E-state index contributed by atoms with van der Waals surface area (Å²) in [5.74, 6) is 0. The van der Waals surface area contributed by atoms with Gasteiger partial charge in [-0.05, 0) is 13.3 Å². The molecule has 56 valence electrons. The smallest absolute Gasteiger partial charge is 0.0719 e. The maximum absolute atomic E-state index is 5.49. The van der Waals surface area contributed by atoms with Crippen molar-refractivity contribution in [2.24, 2.45) is 0 Å². The molecule has 1 rings (SSSR count). The van der Waals surface area contributed by atoms with E-state index in [-0.39, 0.29) is 0 Å². The van der Waals surface area contributed by atoms with Gasteiger partial charge in [-0.3, -0.25) is 4.68 Å². The van der Waals surface area contributed by atoms with Crippen molar-refractivity contribution in [2.45, 2.75) is 26.3 Å². The van der Waals surface area contributed by atoms with Gasteiger partial charge < -0.3 is 5.73 Å². The molecule has 0 aliphatic carbocycles. The lowest BCUT2D eigenvalue weighted by atomic mass is 10.3. The van der Waals surface area contributed by atoms with E-state index in [9.17, 15) is 0 Å². The standard InChI is InChI=1S/C7H13N3/c1-3-6(2)10-5-7(8)4-9-10/h4-6H,3,8H2,1-2H3. The highest BCUT2D eigenvalue weighted by molar-refractivity contribution is 5.30. The fourth-order valence-electron chi connectivity index (χ4n) is 0.781. The number of nitrogens with zero attached hydrogens (tertiary/aromatic N) is 2. The van der Waals surface area contributed by atoms with Crippen LogP contribution in [0.3, 0.4) is 0 Å². The third-order valence-corrected chi connectivity index (χ3v) is 1.66. The summed E-state index contributed by atoms with van der Waals surface area (Å²) >= 11 is 0. The van der Waals surface area contributed by atoms with E-state index in [0.717, 1.165) is 12.1 Å². The molecule has 0 saturated heterocycles. The molecule has 1 aromatic rings. The maximum atomic E-state index is 5.49. The predicted molar refractivity (Wildman–Crippen MR) is 41.6 cm³/mol. The molecular formula is C7H13N3. The minimum atomic E-state index is 0.456. The number of anilines is 1. The Balaban J connectivity index is 2.74. The SMILES string of the molecule is CCC(C)n1cc(N)cn1. The second kappa shape index (κ2) is 2.73. The van der Waals surface area contributed by atoms with Gasteiger partial charge in [0, 0.05) is 12.2 Å². The van der Waals surface area contributed by atoms with Crippen LogP contribution < -0.4 is 5.73 Å². The number of hydrogen-bond donors (Lipinski definition) is 1. The van der Waals surface area contributed by atoms with Gasteiger partial charge in [0.05, 0.1) is 11.9 Å². The second-order valence-corrected chi connectivity index (χ2v) is 2.51. The zero-order valence-electron chi connectivity index (χ0n) is 6.41. The Bertz CT molecular complexity index is 204. The van der Waals surface area contributed by atoms with E-state index in [1.165, 1.54) is 0 Å². The van der Waals surface area contributed by atoms with Crippen LogP contribution in [0.2, 0.25) is 0 Å². The second-order valence-electron chi connectivity index (χ2n) is 2.51. The Kier molecular flexibility index (Phi) is 1.94. The molecule has 3 heteroatoms. The van der Waals surface area contributed by atoms with Crippen LogP contribution in [0.25, 0.3) is 0 Å². The van der Waals surface area contributed by atoms with Gasteiger partial charge in [-0.2, -0.15) is 5.10 Å². The molecule has 0 saturated carbocycles. The summed E-state index contributed by atoms with van der Waals surface area (Å²) in [6, 6.07) is 0.456. The van der Waals surface area contributed by atoms with Crippen molar-refractivity contribution in [3.63, 3.8) is 0 Å². The highest BCUT2D eigenvalue weighted by atomic mass is 15.3. The van der Waals surface area contributed by atoms with Crippen molar-refractivity contribution >= 4 is 5.69 Å². The molecule has 0 radical (unpaired) electrons. The van der Waals surface area contributed by atoms with Crippen LogP contribution in [0.15, 0.2) is 12.4 Å². The molecule has 1 unspecified atom stereocenters. The minimum absolute atomic E-state index is 0.456. The van der Waals surface area contributed by atoms with E-state index in [1.54, 1.807) is 6.20 Å². The summed E-state index contributed by atoms with van der Waals surface area (Å²) in [6.45, 7) is 4.25. The molecule has 10 heavy (non-hydrogen) atoms. The lowest BCUT2D eigenvalue weighted by Crippen LogP contribution is -2.03. The van der Waals surface area contributed by atoms with Gasteiger partial charge in [0.2, 0.25) is 0 Å². The third-order valence-electron chi connectivity index (χ3n) is 1.66. The van der Waals surface area contributed by atoms with Gasteiger partial charge in [-0.15, -0.1) is 0 Å². The van der Waals surface area contributed by atoms with E-state index in [0.29, 0.717) is 6.04 Å². The summed E-state index contributed by atoms with van der Waals surface area (Å²) in [7, 11) is 0. The summed E-state index contributed by atoms with van der Waals surface area (Å²) in [4.78, 5) is 0. The number of nitrogen functional groups attached to an aromatic ring is 1. The first-order valence-electron chi connectivity index (χ1n) is 3.53. The molecular weight excluding hydrogens is 126 g/mol. The summed E-state index contributed by atoms with van der Waals surface area (Å²) in [5, 5.41) is 4.08. The molecule has 0 spiro atoms. The van der Waals surface area contributed by atoms with E-state index in [2.05, 4.69) is 18.9 Å². The average Bonchev–Trinajstić information content (AvgIpc) is 2.34. The molecule has 1 heterocycles. The van der Waals surface area contributed by atoms with Crippen molar-refractivity contribution in [3.05, 3.63) is 12.4 Å². The Morgan fingerprint density at radius 2 is 2.50 bits per heavy atom. The van der Waals surface area contributed by atoms with Crippen LogP contribution in [-0.2, 0) is 0 Å². The largest absolute Gasteiger partial charge is 0.396 e. The number of hydrogen-bond acceptors (Lipinski definition) is 2. The van der Waals surface area contributed by atoms with Crippen molar-refractivity contribution in [1.82, 2.24) is 9.78 Å². The summed E-state index contributed by atoms with van der Waals surface area (Å²) in [6.07, 6.45) is 4.61. The van der Waals surface area contributed by atoms with Gasteiger partial charge in [0.25, 0.3) is 0 Å². The van der Waals surface area contributed by atoms with E-state index >= 15 is 0 Å². The topological polar surface area (TPSA) is 43.8 Å². The maximum Gasteiger partial charge on any atom is 0.0719 e. The lowest BCUT2D eigenvalue weighted by molar-refractivity contribution is 0.478. The number of aromatic nitrogens is 2. The van der Waals surface area contributed by atoms with Gasteiger partial charge in [0.15, 0.2) is 0 Å². The number of rotatable bonds is 2. The Labute approximate surface area is 60.8 Å². The zero-order valence-corrected chi connectivity index (χ0v) is 6.41. The van der Waals surface area contributed by atoms with Crippen LogP contribution in [0.4, 0.5) is 5.69 Å². The molecule has 0 fully saturated rings. The molecule has 1 aromatic heterocycles. The number of nitrogens with two attached hydrogens (primary N) is 1. The van der Waals surface area contributed by atoms with Gasteiger partial charge in [-0.25, -0.2) is 0 Å². The summed E-state index contributed by atoms with van der Waals surface area (Å²) < 4.78 is 1.88. The Morgan fingerprint density at radius 3 is 2.90 bits per heavy atom. The van der Waals surface area contributed by atoms with Crippen molar-refractivity contribution in [1.29, 1.82) is 0 Å². The lowest BCUT2D eigenvalue weighted by Gasteiger charge is -2.07. The molecule has 0 aliphatic rings. The van der Waals surface area contributed by atoms with Gasteiger partial charge >= 0.3 is 0 Å². The highest BCUT2D eigenvalue weighted by Crippen LogP contribution is 2.09. The predicted octanol–water partition coefficient (Wildman–Crippen LogP) is 1.44. The van der Waals surface area contributed by atoms with E-state index in [1.807, 2.05) is 10.9 Å². The minimum Gasteiger partial charge on any atom is -0.396 e. The van der Waals surface area contributed by atoms with E-state index < -0.39 is 0 Å². The fourth-order valence-corrected chi connectivity index (χ4v) is 0.781. The first-order chi connectivity index (χ1) is 4.74. The molecule has 3 nitrogen and oxygen atoms in total. The molecule has 2 N–H and O–H groups in total. The van der Waals surface area contributed by atoms with Crippen LogP contribution >= 0.6 is 0 Å². The van der Waals surface area contributed by atoms with Crippen molar-refractivity contribution < 1.29 is 0 Å². The first kappa shape index (κ1) is 7.12. The molecule has 0 aromatic carbocycles. The average molecular weight is 139 g/mol. The highest BCUT2D eigenvalue weighted by Gasteiger charge is 2.00. The zero-order chi connectivity index (χ0) is 7.56. The molecule has 1 atom stereocenters. The molecule has 0 aliphatic heterocycles. The van der Waals surface area contributed by atoms with Crippen LogP contribution in [-0.4, -0.2) is 9.78 Å². The van der Waals surface area contributed by atoms with Crippen LogP contribution in [0.1, 0.15) is 26.3 Å². The monoisotopic (exact) mass is 139 g/mol. The molecule has 0 amide bonds. The third kappa shape index (κ3) is 1.29. The Morgan fingerprint density at radius 1 is 1.80 bits per heavy atom. The van der Waals surface area contributed by atoms with E-state index in [4.69, 9.17) is 5.73 Å². The van der Waals surface area contributed by atoms with Crippen LogP contribution in [0, 0.1) is 0 Å². The first-order valence-corrected chi connectivity index (χ1v) is 3.53. The van der Waals surface area contributed by atoms with Gasteiger partial charge in [-0.1, -0.05) is 6.92 Å². The Hall–Kier alpha value is -0.990. The quantitative estimate of drug-likeness (QED) is 0.673. The van der Waals surface area contributed by atoms with Crippen molar-refractivity contribution in [3.8, 4) is 0 Å². The molecule has 0 bridgehead atoms. The normalized spacial score (nSPS) is 13.4. The van der Waals surface area contributed by atoms with Crippen LogP contribution in [0.5, 0.6) is 0 Å². The summed E-state index contributed by atoms with van der Waals surface area (Å²) in [5.41, 5.74) is 6.22. The van der Waals surface area contributed by atoms with Gasteiger partial charge in [0.1, 0.15) is 0 Å².